The van der Waals surface area contributed by atoms with Gasteiger partial charge in [-0.05, 0) is 12.8 Å². The number of aromatic nitrogens is 4. The average molecular weight is 304 g/mol. The fraction of sp³-hybridized carbons (Fsp3) is 0.571. The summed E-state index contributed by atoms with van der Waals surface area (Å²) >= 11 is 0. The Kier molecular flexibility index (Phi) is 4.36. The standard InChI is InChI=1S/C14H20N6O2/c21-11(17-9-4-2-1-3-5-9)6-7-15-14-18-12-10(8-16-20-12)13(22)19-14/h8-9H,1-7H2,(H,17,21)(H3,15,16,18,19,20,22). The Morgan fingerprint density at radius 3 is 2.95 bits per heavy atom. The summed E-state index contributed by atoms with van der Waals surface area (Å²) < 4.78 is 0. The molecule has 0 spiro atoms. The van der Waals surface area contributed by atoms with E-state index in [0.717, 1.165) is 12.8 Å². The number of anilines is 1. The minimum atomic E-state index is -0.257. The molecule has 0 aromatic carbocycles. The minimum Gasteiger partial charge on any atom is -0.355 e. The normalized spacial score (nSPS) is 15.8. The second kappa shape index (κ2) is 6.59. The molecule has 118 valence electrons. The van der Waals surface area contributed by atoms with Crippen LogP contribution in [0.2, 0.25) is 0 Å². The topological polar surface area (TPSA) is 116 Å². The number of nitrogens with one attached hydrogen (secondary N) is 4. The molecule has 2 aromatic rings. The van der Waals surface area contributed by atoms with Crippen LogP contribution in [0.25, 0.3) is 11.0 Å². The molecular weight excluding hydrogens is 284 g/mol. The van der Waals surface area contributed by atoms with Crippen LogP contribution in [0.5, 0.6) is 0 Å². The molecule has 8 heteroatoms. The Morgan fingerprint density at radius 2 is 2.14 bits per heavy atom. The van der Waals surface area contributed by atoms with Crippen molar-refractivity contribution in [1.29, 1.82) is 0 Å². The van der Waals surface area contributed by atoms with Crippen molar-refractivity contribution in [1.82, 2.24) is 25.5 Å². The molecule has 0 atom stereocenters. The highest BCUT2D eigenvalue weighted by Gasteiger charge is 2.15. The van der Waals surface area contributed by atoms with Crippen LogP contribution in [0, 0.1) is 0 Å². The van der Waals surface area contributed by atoms with Crippen LogP contribution in [-0.4, -0.2) is 38.7 Å². The van der Waals surface area contributed by atoms with E-state index in [0.29, 0.717) is 36.0 Å². The van der Waals surface area contributed by atoms with Crippen molar-refractivity contribution in [2.45, 2.75) is 44.6 Å². The van der Waals surface area contributed by atoms with Gasteiger partial charge in [-0.2, -0.15) is 10.1 Å². The fourth-order valence-corrected chi connectivity index (χ4v) is 2.77. The fourth-order valence-electron chi connectivity index (χ4n) is 2.77. The van der Waals surface area contributed by atoms with E-state index >= 15 is 0 Å². The van der Waals surface area contributed by atoms with Gasteiger partial charge in [0, 0.05) is 19.0 Å². The second-order valence-electron chi connectivity index (χ2n) is 5.63. The van der Waals surface area contributed by atoms with Gasteiger partial charge in [0.25, 0.3) is 5.56 Å². The van der Waals surface area contributed by atoms with Crippen LogP contribution in [0.3, 0.4) is 0 Å². The van der Waals surface area contributed by atoms with Gasteiger partial charge >= 0.3 is 0 Å². The maximum absolute atomic E-state index is 11.9. The maximum atomic E-state index is 11.9. The number of hydrogen-bond donors (Lipinski definition) is 4. The summed E-state index contributed by atoms with van der Waals surface area (Å²) in [4.78, 5) is 30.4. The smallest absolute Gasteiger partial charge is 0.263 e. The monoisotopic (exact) mass is 304 g/mol. The average Bonchev–Trinajstić information content (AvgIpc) is 2.97. The minimum absolute atomic E-state index is 0.0318. The van der Waals surface area contributed by atoms with Crippen molar-refractivity contribution in [2.24, 2.45) is 0 Å². The first kappa shape index (κ1) is 14.6. The molecule has 1 amide bonds. The summed E-state index contributed by atoms with van der Waals surface area (Å²) in [5.41, 5.74) is 0.172. The van der Waals surface area contributed by atoms with Crippen molar-refractivity contribution in [3.63, 3.8) is 0 Å². The third-order valence-corrected chi connectivity index (χ3v) is 3.93. The number of rotatable bonds is 5. The van der Waals surface area contributed by atoms with Gasteiger partial charge in [-0.15, -0.1) is 0 Å². The first-order valence-corrected chi connectivity index (χ1v) is 7.69. The lowest BCUT2D eigenvalue weighted by Crippen LogP contribution is -2.36. The molecule has 4 N–H and O–H groups in total. The van der Waals surface area contributed by atoms with Crippen LogP contribution in [0.4, 0.5) is 5.95 Å². The SMILES string of the molecule is O=C(CCNc1nc2[nH]ncc2c(=O)[nH]1)NC1CCCCC1. The van der Waals surface area contributed by atoms with Crippen LogP contribution >= 0.6 is 0 Å². The molecule has 0 saturated heterocycles. The van der Waals surface area contributed by atoms with Crippen molar-refractivity contribution in [2.75, 3.05) is 11.9 Å². The molecule has 1 aliphatic rings. The number of carbonyl (C=O) groups is 1. The molecule has 3 rings (SSSR count). The zero-order chi connectivity index (χ0) is 15.4. The van der Waals surface area contributed by atoms with E-state index in [1.54, 1.807) is 0 Å². The third-order valence-electron chi connectivity index (χ3n) is 3.93. The molecule has 2 aromatic heterocycles. The molecule has 0 bridgehead atoms. The molecule has 8 nitrogen and oxygen atoms in total. The number of fused-ring (bicyclic) bond motifs is 1. The Hall–Kier alpha value is -2.38. The molecule has 1 aliphatic carbocycles. The van der Waals surface area contributed by atoms with E-state index in [1.165, 1.54) is 25.5 Å². The predicted octanol–water partition coefficient (Wildman–Crippen LogP) is 0.897. The molecule has 0 radical (unpaired) electrons. The highest BCUT2D eigenvalue weighted by atomic mass is 16.1. The molecule has 1 saturated carbocycles. The Bertz CT molecular complexity index is 701. The van der Waals surface area contributed by atoms with Crippen molar-refractivity contribution < 1.29 is 4.79 Å². The number of carbonyl (C=O) groups excluding carboxylic acids is 1. The summed E-state index contributed by atoms with van der Waals surface area (Å²) in [5.74, 6) is 0.372. The largest absolute Gasteiger partial charge is 0.355 e. The van der Waals surface area contributed by atoms with Crippen molar-refractivity contribution in [3.8, 4) is 0 Å². The van der Waals surface area contributed by atoms with Gasteiger partial charge in [0.05, 0.1) is 6.20 Å². The number of aromatic amines is 2. The molecule has 22 heavy (non-hydrogen) atoms. The highest BCUT2D eigenvalue weighted by molar-refractivity contribution is 5.77. The van der Waals surface area contributed by atoms with E-state index in [-0.39, 0.29) is 11.5 Å². The molecule has 0 aliphatic heterocycles. The maximum Gasteiger partial charge on any atom is 0.263 e. The highest BCUT2D eigenvalue weighted by Crippen LogP contribution is 2.17. The van der Waals surface area contributed by atoms with Gasteiger partial charge in [-0.3, -0.25) is 19.7 Å². The number of nitrogens with zero attached hydrogens (tertiary/aromatic N) is 2. The zero-order valence-electron chi connectivity index (χ0n) is 12.3. The third kappa shape index (κ3) is 3.44. The summed E-state index contributed by atoms with van der Waals surface area (Å²) in [6.07, 6.45) is 7.58. The first-order chi connectivity index (χ1) is 10.7. The molecular formula is C14H20N6O2. The molecule has 0 unspecified atom stereocenters. The van der Waals surface area contributed by atoms with Crippen molar-refractivity contribution in [3.05, 3.63) is 16.6 Å². The van der Waals surface area contributed by atoms with Gasteiger partial charge in [-0.25, -0.2) is 0 Å². The van der Waals surface area contributed by atoms with Crippen LogP contribution in [0.15, 0.2) is 11.0 Å². The van der Waals surface area contributed by atoms with Gasteiger partial charge in [-0.1, -0.05) is 19.3 Å². The van der Waals surface area contributed by atoms with Crippen LogP contribution in [-0.2, 0) is 4.79 Å². The van der Waals surface area contributed by atoms with Crippen LogP contribution in [0.1, 0.15) is 38.5 Å². The lowest BCUT2D eigenvalue weighted by molar-refractivity contribution is -0.121. The van der Waals surface area contributed by atoms with E-state index in [1.807, 2.05) is 0 Å². The molecule has 1 fully saturated rings. The van der Waals surface area contributed by atoms with E-state index in [9.17, 15) is 9.59 Å². The van der Waals surface area contributed by atoms with Gasteiger partial charge in [0.15, 0.2) is 5.65 Å². The van der Waals surface area contributed by atoms with E-state index < -0.39 is 0 Å². The Morgan fingerprint density at radius 1 is 1.32 bits per heavy atom. The number of hydrogen-bond acceptors (Lipinski definition) is 5. The lowest BCUT2D eigenvalue weighted by Gasteiger charge is -2.22. The zero-order valence-corrected chi connectivity index (χ0v) is 12.3. The van der Waals surface area contributed by atoms with Crippen molar-refractivity contribution >= 4 is 22.9 Å². The summed E-state index contributed by atoms with van der Waals surface area (Å²) in [7, 11) is 0. The number of H-pyrrole nitrogens is 2. The summed E-state index contributed by atoms with van der Waals surface area (Å²) in [6.45, 7) is 0.418. The molecule has 2 heterocycles. The van der Waals surface area contributed by atoms with Crippen LogP contribution < -0.4 is 16.2 Å². The van der Waals surface area contributed by atoms with E-state index in [2.05, 4.69) is 30.8 Å². The summed E-state index contributed by atoms with van der Waals surface area (Å²) in [6, 6.07) is 0.320. The predicted molar refractivity (Wildman–Crippen MR) is 82.6 cm³/mol. The first-order valence-electron chi connectivity index (χ1n) is 7.69. The van der Waals surface area contributed by atoms with E-state index in [4.69, 9.17) is 0 Å². The second-order valence-corrected chi connectivity index (χ2v) is 5.63. The van der Waals surface area contributed by atoms with Gasteiger partial charge in [0.1, 0.15) is 5.39 Å². The van der Waals surface area contributed by atoms with Gasteiger partial charge in [0.2, 0.25) is 11.9 Å². The van der Waals surface area contributed by atoms with Gasteiger partial charge < -0.3 is 10.6 Å². The quantitative estimate of drug-likeness (QED) is 0.655. The Labute approximate surface area is 127 Å². The summed E-state index contributed by atoms with van der Waals surface area (Å²) in [5, 5.41) is 12.9. The number of amides is 1. The Balaban J connectivity index is 1.49. The lowest BCUT2D eigenvalue weighted by atomic mass is 9.95.